The molecule has 0 aromatic heterocycles. The van der Waals surface area contributed by atoms with Crippen LogP contribution in [0.15, 0.2) is 29.8 Å². The van der Waals surface area contributed by atoms with Crippen LogP contribution in [0.2, 0.25) is 0 Å². The second kappa shape index (κ2) is 4.08. The molecule has 0 bridgehead atoms. The van der Waals surface area contributed by atoms with Crippen LogP contribution in [0.1, 0.15) is 19.4 Å². The zero-order valence-corrected chi connectivity index (χ0v) is 8.59. The summed E-state index contributed by atoms with van der Waals surface area (Å²) in [6.45, 7) is 10.3. The summed E-state index contributed by atoms with van der Waals surface area (Å²) in [5.41, 5.74) is 2.58. The SMILES string of the molecule is C=c1ccc(C)c/c1=C/C=C(C)C. The zero-order chi connectivity index (χ0) is 9.84. The Balaban J connectivity index is 3.29. The van der Waals surface area contributed by atoms with Gasteiger partial charge in [-0.2, -0.15) is 0 Å². The Bertz CT molecular complexity index is 418. The number of allylic oxidation sites excluding steroid dienone is 2. The Hall–Kier alpha value is -1.30. The molecule has 1 aromatic rings. The monoisotopic (exact) mass is 172 g/mol. The van der Waals surface area contributed by atoms with Crippen molar-refractivity contribution >= 4 is 12.7 Å². The fraction of sp³-hybridized carbons (Fsp3) is 0.231. The molecule has 0 saturated heterocycles. The summed E-state index contributed by atoms with van der Waals surface area (Å²) in [6, 6.07) is 6.30. The van der Waals surface area contributed by atoms with Gasteiger partial charge in [-0.05, 0) is 31.2 Å². The molecule has 1 rings (SSSR count). The van der Waals surface area contributed by atoms with Gasteiger partial charge in [0.2, 0.25) is 0 Å². The summed E-state index contributed by atoms with van der Waals surface area (Å²) in [4.78, 5) is 0. The van der Waals surface area contributed by atoms with E-state index in [1.54, 1.807) is 0 Å². The lowest BCUT2D eigenvalue weighted by Gasteiger charge is -1.92. The van der Waals surface area contributed by atoms with Gasteiger partial charge >= 0.3 is 0 Å². The van der Waals surface area contributed by atoms with Crippen LogP contribution in [0.25, 0.3) is 12.7 Å². The molecule has 1 aromatic carbocycles. The van der Waals surface area contributed by atoms with Crippen molar-refractivity contribution in [1.82, 2.24) is 0 Å². The fourth-order valence-corrected chi connectivity index (χ4v) is 1.13. The molecule has 0 amide bonds. The van der Waals surface area contributed by atoms with E-state index in [2.05, 4.69) is 57.7 Å². The molecular formula is C13H16. The summed E-state index contributed by atoms with van der Waals surface area (Å²) >= 11 is 0. The quantitative estimate of drug-likeness (QED) is 0.609. The largest absolute Gasteiger partial charge is 0.0912 e. The second-order valence-electron chi connectivity index (χ2n) is 3.61. The molecule has 0 heterocycles. The van der Waals surface area contributed by atoms with E-state index in [4.69, 9.17) is 0 Å². The number of hydrogen-bond acceptors (Lipinski definition) is 0. The average Bonchev–Trinajstić information content (AvgIpc) is 2.06. The molecule has 0 N–H and O–H groups in total. The normalized spacial score (nSPS) is 11.5. The smallest absolute Gasteiger partial charge is 0.0187 e. The van der Waals surface area contributed by atoms with Crippen LogP contribution in [0.5, 0.6) is 0 Å². The highest BCUT2D eigenvalue weighted by atomic mass is 13.9. The number of aryl methyl sites for hydroxylation is 1. The Morgan fingerprint density at radius 3 is 2.62 bits per heavy atom. The van der Waals surface area contributed by atoms with Crippen molar-refractivity contribution < 1.29 is 0 Å². The predicted octanol–water partition coefficient (Wildman–Crippen LogP) is 2.15. The van der Waals surface area contributed by atoms with E-state index in [0.717, 1.165) is 5.22 Å². The van der Waals surface area contributed by atoms with Gasteiger partial charge in [0.1, 0.15) is 0 Å². The van der Waals surface area contributed by atoms with Crippen LogP contribution in [0, 0.1) is 6.92 Å². The summed E-state index contributed by atoms with van der Waals surface area (Å²) < 4.78 is 0. The molecule has 0 aliphatic carbocycles. The van der Waals surface area contributed by atoms with Crippen molar-refractivity contribution in [2.24, 2.45) is 0 Å². The van der Waals surface area contributed by atoms with Gasteiger partial charge < -0.3 is 0 Å². The highest BCUT2D eigenvalue weighted by Gasteiger charge is 1.83. The van der Waals surface area contributed by atoms with Crippen LogP contribution in [0.4, 0.5) is 0 Å². The van der Waals surface area contributed by atoms with E-state index >= 15 is 0 Å². The van der Waals surface area contributed by atoms with Crippen molar-refractivity contribution in [1.29, 1.82) is 0 Å². The predicted molar refractivity (Wildman–Crippen MR) is 59.8 cm³/mol. The molecule has 0 nitrogen and oxygen atoms in total. The minimum Gasteiger partial charge on any atom is -0.0912 e. The van der Waals surface area contributed by atoms with Crippen LogP contribution < -0.4 is 10.4 Å². The molecule has 0 aliphatic heterocycles. The molecule has 0 saturated carbocycles. The molecule has 0 unspecified atom stereocenters. The number of rotatable bonds is 1. The van der Waals surface area contributed by atoms with Crippen molar-refractivity contribution in [3.63, 3.8) is 0 Å². The Labute approximate surface area is 79.9 Å². The van der Waals surface area contributed by atoms with Crippen molar-refractivity contribution in [2.45, 2.75) is 20.8 Å². The summed E-state index contributed by atoms with van der Waals surface area (Å²) in [5, 5.41) is 2.30. The molecule has 0 heteroatoms. The van der Waals surface area contributed by atoms with Gasteiger partial charge in [-0.3, -0.25) is 0 Å². The van der Waals surface area contributed by atoms with E-state index in [0.29, 0.717) is 0 Å². The van der Waals surface area contributed by atoms with Gasteiger partial charge in [0.25, 0.3) is 0 Å². The van der Waals surface area contributed by atoms with Gasteiger partial charge in [0.05, 0.1) is 0 Å². The van der Waals surface area contributed by atoms with Gasteiger partial charge in [0.15, 0.2) is 0 Å². The maximum Gasteiger partial charge on any atom is -0.0187 e. The molecule has 0 spiro atoms. The first-order valence-corrected chi connectivity index (χ1v) is 4.50. The number of benzene rings is 1. The fourth-order valence-electron chi connectivity index (χ4n) is 1.13. The van der Waals surface area contributed by atoms with Crippen molar-refractivity contribution in [2.75, 3.05) is 0 Å². The third-order valence-corrected chi connectivity index (χ3v) is 1.90. The Morgan fingerprint density at radius 1 is 1.31 bits per heavy atom. The number of hydrogen-bond donors (Lipinski definition) is 0. The first kappa shape index (κ1) is 9.79. The van der Waals surface area contributed by atoms with Gasteiger partial charge in [0, 0.05) is 0 Å². The Morgan fingerprint density at radius 2 is 2.00 bits per heavy atom. The topological polar surface area (TPSA) is 0 Å². The zero-order valence-electron chi connectivity index (χ0n) is 8.59. The molecule has 0 fully saturated rings. The van der Waals surface area contributed by atoms with Crippen LogP contribution in [-0.2, 0) is 0 Å². The van der Waals surface area contributed by atoms with E-state index in [1.165, 1.54) is 16.4 Å². The summed E-state index contributed by atoms with van der Waals surface area (Å²) in [5.74, 6) is 0. The lowest BCUT2D eigenvalue weighted by molar-refractivity contribution is 1.38. The third-order valence-electron chi connectivity index (χ3n) is 1.90. The minimum absolute atomic E-state index is 1.09. The van der Waals surface area contributed by atoms with Gasteiger partial charge in [-0.15, -0.1) is 0 Å². The van der Waals surface area contributed by atoms with Crippen molar-refractivity contribution in [3.8, 4) is 0 Å². The third kappa shape index (κ3) is 2.90. The molecule has 0 aliphatic rings. The molecule has 0 atom stereocenters. The van der Waals surface area contributed by atoms with E-state index < -0.39 is 0 Å². The lowest BCUT2D eigenvalue weighted by Crippen LogP contribution is -2.22. The maximum absolute atomic E-state index is 3.98. The maximum atomic E-state index is 3.98. The first-order chi connectivity index (χ1) is 6.09. The average molecular weight is 172 g/mol. The van der Waals surface area contributed by atoms with Gasteiger partial charge in [-0.25, -0.2) is 0 Å². The highest BCUT2D eigenvalue weighted by molar-refractivity contribution is 5.40. The van der Waals surface area contributed by atoms with E-state index in [-0.39, 0.29) is 0 Å². The summed E-state index contributed by atoms with van der Waals surface area (Å²) in [6.07, 6.45) is 4.23. The lowest BCUT2D eigenvalue weighted by atomic mass is 10.1. The van der Waals surface area contributed by atoms with E-state index in [1.807, 2.05) is 0 Å². The second-order valence-corrected chi connectivity index (χ2v) is 3.61. The standard InChI is InChI=1S/C13H16/c1-10(2)5-8-13-9-11(3)6-7-12(13)4/h5-9H,4H2,1-3H3/b13-8-. The molecule has 13 heavy (non-hydrogen) atoms. The first-order valence-electron chi connectivity index (χ1n) is 4.50. The van der Waals surface area contributed by atoms with E-state index in [9.17, 15) is 0 Å². The van der Waals surface area contributed by atoms with Crippen LogP contribution >= 0.6 is 0 Å². The molecular weight excluding hydrogens is 156 g/mol. The summed E-state index contributed by atoms with van der Waals surface area (Å²) in [7, 11) is 0. The van der Waals surface area contributed by atoms with Crippen LogP contribution in [-0.4, -0.2) is 0 Å². The Kier molecular flexibility index (Phi) is 3.07. The minimum atomic E-state index is 1.09. The van der Waals surface area contributed by atoms with Crippen molar-refractivity contribution in [3.05, 3.63) is 45.8 Å². The molecule has 68 valence electrons. The highest BCUT2D eigenvalue weighted by Crippen LogP contribution is 1.89. The van der Waals surface area contributed by atoms with Crippen LogP contribution in [0.3, 0.4) is 0 Å². The molecule has 0 radical (unpaired) electrons. The van der Waals surface area contributed by atoms with Gasteiger partial charge in [-0.1, -0.05) is 48.1 Å².